The van der Waals surface area contributed by atoms with E-state index in [4.69, 9.17) is 0 Å². The Kier molecular flexibility index (Phi) is 3.17. The number of nitrogens with zero attached hydrogens (tertiary/aromatic N) is 1. The summed E-state index contributed by atoms with van der Waals surface area (Å²) in [6, 6.07) is 5.72. The summed E-state index contributed by atoms with van der Waals surface area (Å²) in [5, 5.41) is 17.4. The predicted octanol–water partition coefficient (Wildman–Crippen LogP) is 2.85. The minimum Gasteiger partial charge on any atom is -0.380 e. The number of anilines is 2. The van der Waals surface area contributed by atoms with Gasteiger partial charge in [0.05, 0.1) is 4.92 Å². The van der Waals surface area contributed by atoms with Crippen molar-refractivity contribution < 1.29 is 4.92 Å². The van der Waals surface area contributed by atoms with E-state index in [1.165, 1.54) is 0 Å². The predicted molar refractivity (Wildman–Crippen MR) is 68.5 cm³/mol. The van der Waals surface area contributed by atoms with Crippen molar-refractivity contribution in [1.29, 1.82) is 0 Å². The van der Waals surface area contributed by atoms with E-state index >= 15 is 0 Å². The van der Waals surface area contributed by atoms with E-state index in [9.17, 15) is 10.1 Å². The van der Waals surface area contributed by atoms with Crippen LogP contribution in [-0.4, -0.2) is 17.5 Å². The summed E-state index contributed by atoms with van der Waals surface area (Å²) < 4.78 is 0. The van der Waals surface area contributed by atoms with Gasteiger partial charge in [-0.2, -0.15) is 0 Å². The quantitative estimate of drug-likeness (QED) is 0.608. The van der Waals surface area contributed by atoms with Gasteiger partial charge >= 0.3 is 5.69 Å². The van der Waals surface area contributed by atoms with Crippen molar-refractivity contribution in [3.8, 4) is 0 Å². The van der Waals surface area contributed by atoms with Gasteiger partial charge in [0.1, 0.15) is 11.4 Å². The van der Waals surface area contributed by atoms with Crippen LogP contribution in [0.3, 0.4) is 0 Å². The number of nitro benzene ring substituents is 1. The molecule has 0 bridgehead atoms. The van der Waals surface area contributed by atoms with Gasteiger partial charge in [-0.1, -0.05) is 13.0 Å². The number of hydrogen-bond donors (Lipinski definition) is 2. The minimum absolute atomic E-state index is 0.147. The summed E-state index contributed by atoms with van der Waals surface area (Å²) in [4.78, 5) is 10.8. The molecule has 0 radical (unpaired) electrons. The monoisotopic (exact) mass is 235 g/mol. The summed E-state index contributed by atoms with van der Waals surface area (Å²) in [6.07, 6.45) is 1.09. The lowest BCUT2D eigenvalue weighted by Crippen LogP contribution is -2.08. The lowest BCUT2D eigenvalue weighted by Gasteiger charge is -2.10. The maximum Gasteiger partial charge on any atom is 0.315 e. The molecule has 0 heterocycles. The van der Waals surface area contributed by atoms with Gasteiger partial charge in [0.25, 0.3) is 0 Å². The molecule has 2 N–H and O–H groups in total. The summed E-state index contributed by atoms with van der Waals surface area (Å²) in [5.41, 5.74) is 1.34. The molecule has 2 atom stereocenters. The van der Waals surface area contributed by atoms with E-state index in [1.54, 1.807) is 12.1 Å². The van der Waals surface area contributed by atoms with Gasteiger partial charge in [-0.15, -0.1) is 0 Å². The molecule has 2 rings (SSSR count). The minimum atomic E-state index is -0.326. The second kappa shape index (κ2) is 4.61. The molecule has 1 aliphatic carbocycles. The Morgan fingerprint density at radius 2 is 2.12 bits per heavy atom. The average molecular weight is 235 g/mol. The van der Waals surface area contributed by atoms with Crippen molar-refractivity contribution in [2.75, 3.05) is 17.2 Å². The number of nitrogens with one attached hydrogen (secondary N) is 2. The molecule has 1 saturated carbocycles. The number of hydrogen-bond acceptors (Lipinski definition) is 4. The fraction of sp³-hybridized carbons (Fsp3) is 0.500. The van der Waals surface area contributed by atoms with Crippen LogP contribution in [0, 0.1) is 16.0 Å². The first kappa shape index (κ1) is 11.7. The first-order valence-electron chi connectivity index (χ1n) is 5.91. The van der Waals surface area contributed by atoms with Gasteiger partial charge in [0.15, 0.2) is 0 Å². The highest BCUT2D eigenvalue weighted by molar-refractivity contribution is 5.76. The van der Waals surface area contributed by atoms with Crippen molar-refractivity contribution in [3.05, 3.63) is 28.3 Å². The number of rotatable bonds is 5. The zero-order valence-corrected chi connectivity index (χ0v) is 10.1. The van der Waals surface area contributed by atoms with E-state index in [0.717, 1.165) is 6.42 Å². The molecule has 1 fully saturated rings. The van der Waals surface area contributed by atoms with Crippen LogP contribution in [0.4, 0.5) is 17.1 Å². The van der Waals surface area contributed by atoms with Crippen molar-refractivity contribution in [2.45, 2.75) is 26.3 Å². The molecule has 17 heavy (non-hydrogen) atoms. The third-order valence-electron chi connectivity index (χ3n) is 3.04. The third-order valence-corrected chi connectivity index (χ3v) is 3.04. The number of nitro groups is 1. The van der Waals surface area contributed by atoms with Crippen LogP contribution in [0.2, 0.25) is 0 Å². The Morgan fingerprint density at radius 3 is 2.65 bits per heavy atom. The molecule has 0 spiro atoms. The number of benzene rings is 1. The van der Waals surface area contributed by atoms with Crippen LogP contribution in [-0.2, 0) is 0 Å². The standard InChI is InChI=1S/C12H17N3O2/c1-3-13-9-5-4-6-10(12(9)15(16)17)14-11-7-8(11)2/h4-6,8,11,13-14H,3,7H2,1-2H3. The summed E-state index contributed by atoms with van der Waals surface area (Å²) >= 11 is 0. The molecule has 1 aliphatic rings. The Hall–Kier alpha value is -1.78. The van der Waals surface area contributed by atoms with E-state index in [2.05, 4.69) is 17.6 Å². The van der Waals surface area contributed by atoms with E-state index < -0.39 is 0 Å². The summed E-state index contributed by atoms with van der Waals surface area (Å²) in [5.74, 6) is 0.609. The van der Waals surface area contributed by atoms with Crippen LogP contribution in [0.25, 0.3) is 0 Å². The second-order valence-corrected chi connectivity index (χ2v) is 4.45. The van der Waals surface area contributed by atoms with E-state index in [0.29, 0.717) is 29.9 Å². The van der Waals surface area contributed by atoms with Crippen molar-refractivity contribution in [2.24, 2.45) is 5.92 Å². The Morgan fingerprint density at radius 1 is 1.47 bits per heavy atom. The van der Waals surface area contributed by atoms with Gasteiger partial charge in [0.2, 0.25) is 0 Å². The third kappa shape index (κ3) is 2.49. The van der Waals surface area contributed by atoms with Crippen LogP contribution in [0.15, 0.2) is 18.2 Å². The molecule has 0 aromatic heterocycles. The summed E-state index contributed by atoms with van der Waals surface area (Å²) in [7, 11) is 0. The highest BCUT2D eigenvalue weighted by atomic mass is 16.6. The molecule has 5 nitrogen and oxygen atoms in total. The zero-order chi connectivity index (χ0) is 12.4. The maximum absolute atomic E-state index is 11.1. The van der Waals surface area contributed by atoms with Crippen LogP contribution in [0.5, 0.6) is 0 Å². The first-order valence-corrected chi connectivity index (χ1v) is 5.91. The number of para-hydroxylation sites is 1. The molecule has 1 aromatic carbocycles. The van der Waals surface area contributed by atoms with Crippen molar-refractivity contribution in [3.63, 3.8) is 0 Å². The smallest absolute Gasteiger partial charge is 0.315 e. The van der Waals surface area contributed by atoms with Gasteiger partial charge in [-0.05, 0) is 31.4 Å². The molecule has 0 saturated heterocycles. The lowest BCUT2D eigenvalue weighted by molar-refractivity contribution is -0.383. The highest BCUT2D eigenvalue weighted by Crippen LogP contribution is 2.38. The Balaban J connectivity index is 2.29. The van der Waals surface area contributed by atoms with E-state index in [-0.39, 0.29) is 10.6 Å². The lowest BCUT2D eigenvalue weighted by atomic mass is 10.2. The second-order valence-electron chi connectivity index (χ2n) is 4.45. The molecule has 5 heteroatoms. The van der Waals surface area contributed by atoms with Crippen LogP contribution in [0.1, 0.15) is 20.3 Å². The zero-order valence-electron chi connectivity index (χ0n) is 10.1. The van der Waals surface area contributed by atoms with Gasteiger partial charge in [0, 0.05) is 12.6 Å². The molecule has 0 amide bonds. The normalized spacial score (nSPS) is 22.0. The summed E-state index contributed by atoms with van der Waals surface area (Å²) in [6.45, 7) is 4.73. The Bertz CT molecular complexity index is 434. The van der Waals surface area contributed by atoms with Crippen LogP contribution < -0.4 is 10.6 Å². The fourth-order valence-corrected chi connectivity index (χ4v) is 1.91. The first-order chi connectivity index (χ1) is 8.13. The molecule has 1 aromatic rings. The van der Waals surface area contributed by atoms with Gasteiger partial charge in [-0.3, -0.25) is 10.1 Å². The van der Waals surface area contributed by atoms with Gasteiger partial charge < -0.3 is 10.6 Å². The van der Waals surface area contributed by atoms with Crippen molar-refractivity contribution >= 4 is 17.1 Å². The van der Waals surface area contributed by atoms with E-state index in [1.807, 2.05) is 13.0 Å². The molecular weight excluding hydrogens is 218 g/mol. The van der Waals surface area contributed by atoms with Crippen LogP contribution >= 0.6 is 0 Å². The molecule has 92 valence electrons. The largest absolute Gasteiger partial charge is 0.380 e. The van der Waals surface area contributed by atoms with Crippen molar-refractivity contribution in [1.82, 2.24) is 0 Å². The molecular formula is C12H17N3O2. The molecule has 2 unspecified atom stereocenters. The maximum atomic E-state index is 11.1. The highest BCUT2D eigenvalue weighted by Gasteiger charge is 2.34. The SMILES string of the molecule is CCNc1cccc(NC2CC2C)c1[N+](=O)[O-]. The Labute approximate surface area is 100 Å². The average Bonchev–Trinajstić information content (AvgIpc) is 2.94. The molecule has 0 aliphatic heterocycles. The fourth-order valence-electron chi connectivity index (χ4n) is 1.91. The topological polar surface area (TPSA) is 67.2 Å². The van der Waals surface area contributed by atoms with Gasteiger partial charge in [-0.25, -0.2) is 0 Å².